The van der Waals surface area contributed by atoms with Crippen LogP contribution in [0, 0.1) is 5.92 Å². The fraction of sp³-hybridized carbons (Fsp3) is 0.923. The van der Waals surface area contributed by atoms with Gasteiger partial charge in [-0.3, -0.25) is 14.4 Å². The third-order valence-electron chi connectivity index (χ3n) is 10.9. The molecular formula is C39H68O19. The van der Waals surface area contributed by atoms with Crippen molar-refractivity contribution in [3.8, 4) is 0 Å². The quantitative estimate of drug-likeness (QED) is 0.0399. The fourth-order valence-corrected chi connectivity index (χ4v) is 6.97. The lowest BCUT2D eigenvalue weighted by atomic mass is 9.96. The molecule has 0 bridgehead atoms. The van der Waals surface area contributed by atoms with Crippen molar-refractivity contribution in [3.63, 3.8) is 0 Å². The molecular weight excluding hydrogens is 772 g/mol. The Kier molecular flexibility index (Phi) is 21.1. The van der Waals surface area contributed by atoms with E-state index in [1.165, 1.54) is 27.7 Å². The molecule has 0 amide bonds. The third kappa shape index (κ3) is 14.5. The third-order valence-corrected chi connectivity index (χ3v) is 10.9. The summed E-state index contributed by atoms with van der Waals surface area (Å²) in [4.78, 5) is 38.1. The van der Waals surface area contributed by atoms with Crippen LogP contribution in [0.3, 0.4) is 0 Å². The summed E-state index contributed by atoms with van der Waals surface area (Å²) < 4.78 is 45.8. The van der Waals surface area contributed by atoms with Crippen LogP contribution in [-0.4, -0.2) is 170 Å². The van der Waals surface area contributed by atoms with Crippen LogP contribution < -0.4 is 0 Å². The van der Waals surface area contributed by atoms with E-state index in [0.717, 1.165) is 51.9 Å². The highest BCUT2D eigenvalue weighted by Crippen LogP contribution is 2.35. The van der Waals surface area contributed by atoms with Gasteiger partial charge in [0.1, 0.15) is 55.4 Å². The topological polar surface area (TPSA) is 287 Å². The molecule has 3 heterocycles. The zero-order chi connectivity index (χ0) is 43.3. The minimum absolute atomic E-state index is 0.104. The molecule has 3 aliphatic heterocycles. The fourth-order valence-electron chi connectivity index (χ4n) is 6.97. The van der Waals surface area contributed by atoms with Gasteiger partial charge in [0.2, 0.25) is 0 Å². The predicted octanol–water partition coefficient (Wildman–Crippen LogP) is -0.156. The molecule has 3 fully saturated rings. The Bertz CT molecular complexity index is 1240. The van der Waals surface area contributed by atoms with Gasteiger partial charge in [-0.2, -0.15) is 0 Å². The number of rotatable bonds is 22. The molecule has 0 spiro atoms. The highest BCUT2D eigenvalue weighted by molar-refractivity contribution is 5.73. The minimum Gasteiger partial charge on any atom is -0.463 e. The first-order valence-corrected chi connectivity index (χ1v) is 20.6. The normalized spacial score (nSPS) is 37.0. The Labute approximate surface area is 339 Å². The molecule has 0 aliphatic carbocycles. The molecule has 0 aromatic heterocycles. The molecule has 338 valence electrons. The molecule has 0 aromatic rings. The summed E-state index contributed by atoms with van der Waals surface area (Å²) in [5.74, 6) is -3.43. The summed E-state index contributed by atoms with van der Waals surface area (Å²) in [5.41, 5.74) is 0. The summed E-state index contributed by atoms with van der Waals surface area (Å²) in [5, 5.41) is 84.9. The van der Waals surface area contributed by atoms with E-state index < -0.39 is 129 Å². The summed E-state index contributed by atoms with van der Waals surface area (Å²) in [6, 6.07) is 0. The van der Waals surface area contributed by atoms with Crippen molar-refractivity contribution in [1.29, 1.82) is 0 Å². The summed E-state index contributed by atoms with van der Waals surface area (Å²) in [6.07, 6.45) is -17.7. The van der Waals surface area contributed by atoms with Crippen LogP contribution in [-0.2, 0) is 52.3 Å². The van der Waals surface area contributed by atoms with E-state index >= 15 is 0 Å². The molecule has 0 aromatic carbocycles. The maximum Gasteiger partial charge on any atom is 0.311 e. The van der Waals surface area contributed by atoms with Crippen molar-refractivity contribution in [3.05, 3.63) is 0 Å². The number of aliphatic hydroxyl groups is 8. The van der Waals surface area contributed by atoms with Crippen LogP contribution in [0.25, 0.3) is 0 Å². The van der Waals surface area contributed by atoms with Crippen molar-refractivity contribution in [2.45, 2.75) is 216 Å². The minimum atomic E-state index is -1.95. The van der Waals surface area contributed by atoms with Crippen LogP contribution in [0.2, 0.25) is 0 Å². The Hall–Kier alpha value is -2.11. The number of esters is 3. The van der Waals surface area contributed by atoms with Gasteiger partial charge in [0, 0.05) is 13.3 Å². The van der Waals surface area contributed by atoms with E-state index in [1.54, 1.807) is 0 Å². The van der Waals surface area contributed by atoms with Gasteiger partial charge in [0.25, 0.3) is 0 Å². The van der Waals surface area contributed by atoms with Crippen molar-refractivity contribution in [2.75, 3.05) is 6.61 Å². The molecule has 19 nitrogen and oxygen atoms in total. The van der Waals surface area contributed by atoms with E-state index in [4.69, 9.17) is 37.9 Å². The summed E-state index contributed by atoms with van der Waals surface area (Å²) in [7, 11) is 0. The van der Waals surface area contributed by atoms with E-state index in [0.29, 0.717) is 19.3 Å². The van der Waals surface area contributed by atoms with Crippen molar-refractivity contribution < 1.29 is 93.1 Å². The summed E-state index contributed by atoms with van der Waals surface area (Å²) in [6.45, 7) is 8.36. The van der Waals surface area contributed by atoms with Crippen molar-refractivity contribution >= 4 is 17.9 Å². The Morgan fingerprint density at radius 1 is 0.638 bits per heavy atom. The molecule has 58 heavy (non-hydrogen) atoms. The predicted molar refractivity (Wildman–Crippen MR) is 199 cm³/mol. The van der Waals surface area contributed by atoms with E-state index in [9.17, 15) is 55.2 Å². The van der Waals surface area contributed by atoms with Gasteiger partial charge in [-0.25, -0.2) is 0 Å². The number of carbonyl (C=O) groups excluding carboxylic acids is 3. The molecule has 19 heteroatoms. The highest BCUT2D eigenvalue weighted by atomic mass is 16.8. The van der Waals surface area contributed by atoms with Crippen LogP contribution in [0.5, 0.6) is 0 Å². The number of hydrogen-bond acceptors (Lipinski definition) is 19. The molecule has 3 saturated heterocycles. The standard InChI is InChI=1S/C39H68O19/c1-7-8-12-15-24(42)16-13-10-9-11-14-17-26(43)55-35-34(58-38-31(48)29(46)27(44)21(4)52-38)32(56-36(49)19(2)20(3)40)22(5)53-39(35)57-33-30(47)28(45)25(54-37(33)50)18-51-23(6)41/h19-22,24-25,27-35,37-40,42,44-48,50H,7-18H2,1-6H3/t19-,20-,21+,22+,24+,25-,27+,28-,29-,30+,31-,32-,33-,34-,35-,37?,38+,39+/m1/s1. The molecule has 8 N–H and O–H groups in total. The van der Waals surface area contributed by atoms with Gasteiger partial charge in [-0.1, -0.05) is 51.9 Å². The Morgan fingerprint density at radius 3 is 1.88 bits per heavy atom. The average molecular weight is 841 g/mol. The highest BCUT2D eigenvalue weighted by Gasteiger charge is 2.56. The van der Waals surface area contributed by atoms with Crippen LogP contribution >= 0.6 is 0 Å². The molecule has 0 radical (unpaired) electrons. The SMILES string of the molecule is CCCCC[C@H](O)CCCCCCCC(=O)O[C@H]1[C@H](O[C@H]2C(O)O[C@H](COC(C)=O)[C@@H](O)[C@@H]2O)O[C@@H](C)[C@@H](OC(=O)[C@H](C)[C@@H](C)O)[C@H]1O[C@@H]1O[C@@H](C)[C@H](O)[C@@H](O)[C@H]1O. The maximum absolute atomic E-state index is 13.5. The van der Waals surface area contributed by atoms with Gasteiger partial charge in [0.05, 0.1) is 30.3 Å². The first-order chi connectivity index (χ1) is 27.4. The first-order valence-electron chi connectivity index (χ1n) is 20.6. The molecule has 0 saturated carbocycles. The number of aliphatic hydroxyl groups excluding tert-OH is 8. The number of carbonyl (C=O) groups is 3. The number of ether oxygens (including phenoxy) is 8. The van der Waals surface area contributed by atoms with Crippen LogP contribution in [0.4, 0.5) is 0 Å². The van der Waals surface area contributed by atoms with Gasteiger partial charge in [-0.15, -0.1) is 0 Å². The molecule has 18 atom stereocenters. The average Bonchev–Trinajstić information content (AvgIpc) is 3.17. The van der Waals surface area contributed by atoms with Crippen LogP contribution in [0.1, 0.15) is 112 Å². The van der Waals surface area contributed by atoms with Crippen LogP contribution in [0.15, 0.2) is 0 Å². The van der Waals surface area contributed by atoms with Gasteiger partial charge < -0.3 is 78.7 Å². The van der Waals surface area contributed by atoms with Crippen molar-refractivity contribution in [1.82, 2.24) is 0 Å². The molecule has 3 aliphatic rings. The van der Waals surface area contributed by atoms with E-state index in [2.05, 4.69) is 6.92 Å². The largest absolute Gasteiger partial charge is 0.463 e. The van der Waals surface area contributed by atoms with Gasteiger partial charge in [0.15, 0.2) is 31.1 Å². The zero-order valence-electron chi connectivity index (χ0n) is 34.4. The van der Waals surface area contributed by atoms with Gasteiger partial charge >= 0.3 is 17.9 Å². The lowest BCUT2D eigenvalue weighted by Gasteiger charge is -2.49. The first kappa shape index (κ1) is 50.2. The number of hydrogen-bond donors (Lipinski definition) is 8. The second-order valence-corrected chi connectivity index (χ2v) is 15.8. The maximum atomic E-state index is 13.5. The van der Waals surface area contributed by atoms with E-state index in [1.807, 2.05) is 0 Å². The monoisotopic (exact) mass is 840 g/mol. The lowest BCUT2D eigenvalue weighted by Crippen LogP contribution is -2.67. The molecule has 1 unspecified atom stereocenters. The second-order valence-electron chi connectivity index (χ2n) is 15.8. The Balaban J connectivity index is 1.86. The smallest absolute Gasteiger partial charge is 0.311 e. The zero-order valence-corrected chi connectivity index (χ0v) is 34.4. The van der Waals surface area contributed by atoms with E-state index in [-0.39, 0.29) is 12.5 Å². The molecule has 3 rings (SSSR count). The van der Waals surface area contributed by atoms with Crippen molar-refractivity contribution in [2.24, 2.45) is 5.92 Å². The Morgan fingerprint density at radius 2 is 1.24 bits per heavy atom. The van der Waals surface area contributed by atoms with Gasteiger partial charge in [-0.05, 0) is 47.0 Å². The number of unbranched alkanes of at least 4 members (excludes halogenated alkanes) is 6. The second kappa shape index (κ2) is 24.4. The lowest BCUT2D eigenvalue weighted by molar-refractivity contribution is -0.379. The summed E-state index contributed by atoms with van der Waals surface area (Å²) >= 11 is 0.